The number of rotatable bonds is 16. The van der Waals surface area contributed by atoms with Crippen LogP contribution in [0.4, 0.5) is 0 Å². The van der Waals surface area contributed by atoms with Crippen molar-refractivity contribution in [2.24, 2.45) is 0 Å². The Balaban J connectivity index is 4.31. The standard InChI is InChI=1S/C17H34O4/c1-4-7-12-19-15-17(21-14-9-6-3)16(10-11-18)20-13-8-5-2/h11,16-17H,4-10,12-15H2,1-3H3/t16-,17+/m1/s1. The number of aldehydes is 1. The number of ether oxygens (including phenoxy) is 3. The second kappa shape index (κ2) is 15.9. The molecule has 0 aliphatic carbocycles. The van der Waals surface area contributed by atoms with Crippen molar-refractivity contribution >= 4 is 6.29 Å². The Bertz CT molecular complexity index is 221. The molecular formula is C17H34O4. The summed E-state index contributed by atoms with van der Waals surface area (Å²) >= 11 is 0. The molecule has 0 N–H and O–H groups in total. The quantitative estimate of drug-likeness (QED) is 0.322. The zero-order valence-corrected chi connectivity index (χ0v) is 14.1. The van der Waals surface area contributed by atoms with Crippen molar-refractivity contribution in [2.45, 2.75) is 77.9 Å². The molecule has 0 heterocycles. The third-order valence-electron chi connectivity index (χ3n) is 3.33. The molecule has 0 saturated heterocycles. The van der Waals surface area contributed by atoms with Gasteiger partial charge >= 0.3 is 0 Å². The van der Waals surface area contributed by atoms with Crippen molar-refractivity contribution in [3.8, 4) is 0 Å². The van der Waals surface area contributed by atoms with E-state index in [1.165, 1.54) is 0 Å². The van der Waals surface area contributed by atoms with Gasteiger partial charge in [-0.3, -0.25) is 0 Å². The summed E-state index contributed by atoms with van der Waals surface area (Å²) in [5.74, 6) is 0. The van der Waals surface area contributed by atoms with Crippen LogP contribution in [0.15, 0.2) is 0 Å². The number of hydrogen-bond acceptors (Lipinski definition) is 4. The maximum absolute atomic E-state index is 10.9. The summed E-state index contributed by atoms with van der Waals surface area (Å²) in [6, 6.07) is 0. The summed E-state index contributed by atoms with van der Waals surface area (Å²) < 4.78 is 17.4. The van der Waals surface area contributed by atoms with Gasteiger partial charge in [0.2, 0.25) is 0 Å². The first-order valence-electron chi connectivity index (χ1n) is 8.54. The Morgan fingerprint density at radius 3 is 1.86 bits per heavy atom. The number of carbonyl (C=O) groups excluding carboxylic acids is 1. The summed E-state index contributed by atoms with van der Waals surface area (Å²) in [5, 5.41) is 0. The van der Waals surface area contributed by atoms with Gasteiger partial charge in [-0.2, -0.15) is 0 Å². The Morgan fingerprint density at radius 1 is 0.810 bits per heavy atom. The third-order valence-corrected chi connectivity index (χ3v) is 3.33. The third kappa shape index (κ3) is 11.8. The highest BCUT2D eigenvalue weighted by Gasteiger charge is 2.23. The molecule has 0 aromatic heterocycles. The van der Waals surface area contributed by atoms with Crippen molar-refractivity contribution in [2.75, 3.05) is 26.4 Å². The van der Waals surface area contributed by atoms with Crippen LogP contribution >= 0.6 is 0 Å². The smallest absolute Gasteiger partial charge is 0.122 e. The van der Waals surface area contributed by atoms with E-state index in [1.807, 2.05) is 0 Å². The van der Waals surface area contributed by atoms with Gasteiger partial charge in [0, 0.05) is 26.2 Å². The second-order valence-corrected chi connectivity index (χ2v) is 5.36. The van der Waals surface area contributed by atoms with Crippen LogP contribution in [-0.2, 0) is 19.0 Å². The largest absolute Gasteiger partial charge is 0.379 e. The average Bonchev–Trinajstić information content (AvgIpc) is 2.49. The molecule has 0 aliphatic heterocycles. The van der Waals surface area contributed by atoms with Crippen molar-refractivity contribution in [3.63, 3.8) is 0 Å². The molecule has 2 atom stereocenters. The minimum atomic E-state index is -0.187. The minimum Gasteiger partial charge on any atom is -0.379 e. The Hall–Kier alpha value is -0.450. The van der Waals surface area contributed by atoms with Crippen LogP contribution in [0.25, 0.3) is 0 Å². The highest BCUT2D eigenvalue weighted by molar-refractivity contribution is 5.50. The van der Waals surface area contributed by atoms with E-state index in [0.29, 0.717) is 26.2 Å². The lowest BCUT2D eigenvalue weighted by atomic mass is 10.1. The van der Waals surface area contributed by atoms with Gasteiger partial charge in [0.25, 0.3) is 0 Å². The van der Waals surface area contributed by atoms with Gasteiger partial charge in [-0.1, -0.05) is 40.0 Å². The highest BCUT2D eigenvalue weighted by Crippen LogP contribution is 2.11. The summed E-state index contributed by atoms with van der Waals surface area (Å²) in [4.78, 5) is 10.9. The Morgan fingerprint density at radius 2 is 1.33 bits per heavy atom. The number of carbonyl (C=O) groups is 1. The molecule has 4 heteroatoms. The van der Waals surface area contributed by atoms with Gasteiger partial charge < -0.3 is 19.0 Å². The van der Waals surface area contributed by atoms with Gasteiger partial charge in [-0.25, -0.2) is 0 Å². The van der Waals surface area contributed by atoms with E-state index in [2.05, 4.69) is 20.8 Å². The molecule has 0 aliphatic rings. The van der Waals surface area contributed by atoms with E-state index in [1.54, 1.807) is 0 Å². The molecule has 0 amide bonds. The van der Waals surface area contributed by atoms with E-state index in [9.17, 15) is 4.79 Å². The SMILES string of the molecule is CCCCOC[C@H](OCCCC)[C@@H](CC=O)OCCCC. The molecule has 0 rings (SSSR count). The van der Waals surface area contributed by atoms with E-state index in [4.69, 9.17) is 14.2 Å². The highest BCUT2D eigenvalue weighted by atomic mass is 16.6. The summed E-state index contributed by atoms with van der Waals surface area (Å²) in [5.41, 5.74) is 0. The normalized spacial score (nSPS) is 14.0. The van der Waals surface area contributed by atoms with E-state index in [-0.39, 0.29) is 12.2 Å². The number of unbranched alkanes of at least 4 members (excludes halogenated alkanes) is 3. The molecule has 0 bridgehead atoms. The lowest BCUT2D eigenvalue weighted by Crippen LogP contribution is -2.37. The fraction of sp³-hybridized carbons (Fsp3) is 0.941. The molecule has 0 unspecified atom stereocenters. The molecule has 0 fully saturated rings. The van der Waals surface area contributed by atoms with Crippen LogP contribution in [0.5, 0.6) is 0 Å². The van der Waals surface area contributed by atoms with Crippen LogP contribution in [0.3, 0.4) is 0 Å². The molecule has 0 aromatic carbocycles. The topological polar surface area (TPSA) is 44.8 Å². The van der Waals surface area contributed by atoms with Crippen molar-refractivity contribution < 1.29 is 19.0 Å². The Labute approximate surface area is 130 Å². The first-order valence-corrected chi connectivity index (χ1v) is 8.54. The van der Waals surface area contributed by atoms with Crippen LogP contribution < -0.4 is 0 Å². The first-order chi connectivity index (χ1) is 10.3. The maximum atomic E-state index is 10.9. The molecule has 126 valence electrons. The molecule has 21 heavy (non-hydrogen) atoms. The zero-order chi connectivity index (χ0) is 15.8. The van der Waals surface area contributed by atoms with Crippen LogP contribution in [-0.4, -0.2) is 44.9 Å². The molecule has 0 aromatic rings. The van der Waals surface area contributed by atoms with Gasteiger partial charge in [0.15, 0.2) is 0 Å². The van der Waals surface area contributed by atoms with Crippen LogP contribution in [0.2, 0.25) is 0 Å². The predicted molar refractivity (Wildman–Crippen MR) is 85.7 cm³/mol. The molecular weight excluding hydrogens is 268 g/mol. The van der Waals surface area contributed by atoms with Crippen LogP contribution in [0, 0.1) is 0 Å². The van der Waals surface area contributed by atoms with Gasteiger partial charge in [0.1, 0.15) is 12.4 Å². The summed E-state index contributed by atoms with van der Waals surface area (Å²) in [6.07, 6.45) is 7.34. The maximum Gasteiger partial charge on any atom is 0.122 e. The average molecular weight is 302 g/mol. The number of hydrogen-bond donors (Lipinski definition) is 0. The van der Waals surface area contributed by atoms with Crippen LogP contribution in [0.1, 0.15) is 65.7 Å². The second-order valence-electron chi connectivity index (χ2n) is 5.36. The van der Waals surface area contributed by atoms with E-state index in [0.717, 1.165) is 51.4 Å². The monoisotopic (exact) mass is 302 g/mol. The molecule has 0 radical (unpaired) electrons. The summed E-state index contributed by atoms with van der Waals surface area (Å²) in [6.45, 7) is 9.03. The van der Waals surface area contributed by atoms with Crippen molar-refractivity contribution in [1.82, 2.24) is 0 Å². The molecule has 0 spiro atoms. The van der Waals surface area contributed by atoms with Gasteiger partial charge in [0.05, 0.1) is 12.7 Å². The van der Waals surface area contributed by atoms with Crippen molar-refractivity contribution in [3.05, 3.63) is 0 Å². The lowest BCUT2D eigenvalue weighted by molar-refractivity contribution is -0.124. The molecule has 0 saturated carbocycles. The van der Waals surface area contributed by atoms with Crippen molar-refractivity contribution in [1.29, 1.82) is 0 Å². The van der Waals surface area contributed by atoms with E-state index >= 15 is 0 Å². The first kappa shape index (κ1) is 20.6. The van der Waals surface area contributed by atoms with Gasteiger partial charge in [-0.15, -0.1) is 0 Å². The predicted octanol–water partition coefficient (Wildman–Crippen LogP) is 3.76. The molecule has 4 nitrogen and oxygen atoms in total. The zero-order valence-electron chi connectivity index (χ0n) is 14.1. The fourth-order valence-corrected chi connectivity index (χ4v) is 1.89. The van der Waals surface area contributed by atoms with E-state index < -0.39 is 0 Å². The minimum absolute atomic E-state index is 0.143. The Kier molecular flexibility index (Phi) is 15.6. The van der Waals surface area contributed by atoms with Gasteiger partial charge in [-0.05, 0) is 19.3 Å². The summed E-state index contributed by atoms with van der Waals surface area (Å²) in [7, 11) is 0. The lowest BCUT2D eigenvalue weighted by Gasteiger charge is -2.26. The fourth-order valence-electron chi connectivity index (χ4n) is 1.89.